The number of esters is 2. The summed E-state index contributed by atoms with van der Waals surface area (Å²) in [6.45, 7) is 2.04. The van der Waals surface area contributed by atoms with Crippen molar-refractivity contribution in [3.8, 4) is 5.75 Å². The molecule has 8 nitrogen and oxygen atoms in total. The molecule has 1 aromatic rings. The van der Waals surface area contributed by atoms with E-state index >= 15 is 0 Å². The van der Waals surface area contributed by atoms with Gasteiger partial charge in [-0.05, 0) is 68.5 Å². The number of carbonyl (C=O) groups excluding carboxylic acids is 3. The van der Waals surface area contributed by atoms with Crippen LogP contribution in [-0.4, -0.2) is 59.8 Å². The molecule has 0 spiro atoms. The Morgan fingerprint density at radius 2 is 2.03 bits per heavy atom. The van der Waals surface area contributed by atoms with E-state index in [0.29, 0.717) is 12.0 Å². The third-order valence-electron chi connectivity index (χ3n) is 7.36. The van der Waals surface area contributed by atoms with Crippen molar-refractivity contribution in [3.05, 3.63) is 29.3 Å². The van der Waals surface area contributed by atoms with Crippen LogP contribution in [0.25, 0.3) is 0 Å². The van der Waals surface area contributed by atoms with Crippen LogP contribution in [0.3, 0.4) is 0 Å². The molecule has 1 aromatic carbocycles. The van der Waals surface area contributed by atoms with E-state index in [1.54, 1.807) is 6.07 Å². The van der Waals surface area contributed by atoms with E-state index in [-0.39, 0.29) is 11.2 Å². The molecule has 31 heavy (non-hydrogen) atoms. The molecular weight excluding hydrogens is 402 g/mol. The van der Waals surface area contributed by atoms with Crippen molar-refractivity contribution in [1.29, 1.82) is 0 Å². The molecule has 0 radical (unpaired) electrons. The van der Waals surface area contributed by atoms with Crippen molar-refractivity contribution in [2.45, 2.75) is 69.1 Å². The third-order valence-corrected chi connectivity index (χ3v) is 7.36. The number of nitrogens with zero attached hydrogens (tertiary/aromatic N) is 1. The van der Waals surface area contributed by atoms with Gasteiger partial charge in [-0.15, -0.1) is 0 Å². The monoisotopic (exact) mass is 430 g/mol. The number of benzene rings is 1. The number of ether oxygens (including phenoxy) is 2. The van der Waals surface area contributed by atoms with Crippen LogP contribution >= 0.6 is 0 Å². The molecule has 2 unspecified atom stereocenters. The van der Waals surface area contributed by atoms with Crippen molar-refractivity contribution in [1.82, 2.24) is 4.90 Å². The van der Waals surface area contributed by atoms with Gasteiger partial charge in [0.05, 0.1) is 5.97 Å². The molecule has 1 heterocycles. The molecule has 168 valence electrons. The fourth-order valence-corrected chi connectivity index (χ4v) is 5.96. The van der Waals surface area contributed by atoms with Crippen LogP contribution < -0.4 is 9.84 Å². The van der Waals surface area contributed by atoms with Gasteiger partial charge in [0.25, 0.3) is 0 Å². The number of aliphatic carboxylic acids is 1. The van der Waals surface area contributed by atoms with E-state index in [1.165, 1.54) is 30.4 Å². The first kappa shape index (κ1) is 21.8. The Morgan fingerprint density at radius 1 is 1.26 bits per heavy atom. The molecule has 8 heteroatoms. The second kappa shape index (κ2) is 8.24. The quantitative estimate of drug-likeness (QED) is 0.525. The number of carboxylic acid groups (broad SMARTS) is 1. The number of fused-ring (bicyclic) bond motifs is 1. The molecule has 1 saturated carbocycles. The molecular formula is C23H28NO7-. The summed E-state index contributed by atoms with van der Waals surface area (Å²) in [6.07, 6.45) is 2.38. The lowest BCUT2D eigenvalue weighted by Crippen LogP contribution is -2.59. The maximum atomic E-state index is 12.5. The maximum Gasteiger partial charge on any atom is 0.356 e. The highest BCUT2D eigenvalue weighted by molar-refractivity contribution is 5.87. The zero-order chi connectivity index (χ0) is 22.3. The minimum atomic E-state index is -2.31. The van der Waals surface area contributed by atoms with Crippen LogP contribution in [0.1, 0.15) is 50.2 Å². The Kier molecular flexibility index (Phi) is 5.79. The van der Waals surface area contributed by atoms with Crippen LogP contribution in [0.4, 0.5) is 0 Å². The van der Waals surface area contributed by atoms with Crippen molar-refractivity contribution in [2.24, 2.45) is 5.92 Å². The van der Waals surface area contributed by atoms with Gasteiger partial charge in [-0.3, -0.25) is 4.79 Å². The maximum absolute atomic E-state index is 12.5. The topological polar surface area (TPSA) is 116 Å². The summed E-state index contributed by atoms with van der Waals surface area (Å²) in [7, 11) is 2.20. The third kappa shape index (κ3) is 3.83. The number of aliphatic hydroxyl groups is 1. The standard InChI is InChI=1S/C23H29NO7/c1-13(25)30-20(19(26)21(27)28)22(29)31-15-7-6-14-11-18-16-5-3-4-8-23(16,17(14)12-15)9-10-24(18)2/h6-7,12,16,18-20,26H,3-5,8-11H2,1-2H3,(H,27,28)/p-1/t16-,18+,19?,20?,23+/m0/s1. The second-order valence-corrected chi connectivity index (χ2v) is 9.04. The Balaban J connectivity index is 1.63. The number of carboxylic acids is 1. The normalized spacial score (nSPS) is 29.1. The van der Waals surface area contributed by atoms with E-state index < -0.39 is 30.1 Å². The minimum Gasteiger partial charge on any atom is -0.547 e. The van der Waals surface area contributed by atoms with E-state index in [1.807, 2.05) is 12.1 Å². The fraction of sp³-hybridized carbons (Fsp3) is 0.609. The minimum absolute atomic E-state index is 0.0607. The van der Waals surface area contributed by atoms with Crippen molar-refractivity contribution < 1.29 is 34.1 Å². The molecule has 0 amide bonds. The van der Waals surface area contributed by atoms with Crippen LogP contribution in [0.2, 0.25) is 0 Å². The number of aliphatic hydroxyl groups excluding tert-OH is 1. The van der Waals surface area contributed by atoms with Gasteiger partial charge in [-0.1, -0.05) is 18.9 Å². The van der Waals surface area contributed by atoms with Crippen molar-refractivity contribution in [3.63, 3.8) is 0 Å². The fourth-order valence-electron chi connectivity index (χ4n) is 5.96. The number of likely N-dealkylation sites (N-methyl/N-ethyl adjacent to an activating group) is 1. The first-order valence-corrected chi connectivity index (χ1v) is 10.8. The molecule has 3 aliphatic rings. The molecule has 2 bridgehead atoms. The highest BCUT2D eigenvalue weighted by Gasteiger charge is 2.53. The van der Waals surface area contributed by atoms with Crippen LogP contribution in [0.15, 0.2) is 18.2 Å². The van der Waals surface area contributed by atoms with E-state index in [0.717, 1.165) is 32.7 Å². The number of carbonyl (C=O) groups is 3. The summed E-state index contributed by atoms with van der Waals surface area (Å²) in [5.41, 5.74) is 2.52. The van der Waals surface area contributed by atoms with Crippen molar-refractivity contribution >= 4 is 17.9 Å². The number of likely N-dealkylation sites (tertiary alicyclic amines) is 1. The van der Waals surface area contributed by atoms with Gasteiger partial charge >= 0.3 is 11.9 Å². The Morgan fingerprint density at radius 3 is 2.74 bits per heavy atom. The Bertz CT molecular complexity index is 900. The van der Waals surface area contributed by atoms with Gasteiger partial charge in [0.15, 0.2) is 0 Å². The predicted octanol–water partition coefficient (Wildman–Crippen LogP) is 0.323. The molecule has 2 aliphatic carbocycles. The summed E-state index contributed by atoms with van der Waals surface area (Å²) in [6, 6.07) is 6.03. The first-order chi connectivity index (χ1) is 14.7. The number of hydrogen-bond acceptors (Lipinski definition) is 8. The number of piperidine rings is 1. The van der Waals surface area contributed by atoms with Gasteiger partial charge in [-0.2, -0.15) is 0 Å². The molecule has 1 N–H and O–H groups in total. The van der Waals surface area contributed by atoms with E-state index in [2.05, 4.69) is 11.9 Å². The predicted molar refractivity (Wildman–Crippen MR) is 107 cm³/mol. The molecule has 5 atom stereocenters. The average molecular weight is 430 g/mol. The van der Waals surface area contributed by atoms with Crippen LogP contribution in [-0.2, 0) is 31.0 Å². The molecule has 1 aliphatic heterocycles. The lowest BCUT2D eigenvalue weighted by atomic mass is 9.52. The van der Waals surface area contributed by atoms with Gasteiger partial charge < -0.3 is 29.4 Å². The summed E-state index contributed by atoms with van der Waals surface area (Å²) < 4.78 is 10.1. The molecule has 4 rings (SSSR count). The van der Waals surface area contributed by atoms with Gasteiger partial charge in [-0.25, -0.2) is 4.79 Å². The smallest absolute Gasteiger partial charge is 0.356 e. The number of rotatable bonds is 5. The highest BCUT2D eigenvalue weighted by Crippen LogP contribution is 2.55. The molecule has 2 fully saturated rings. The van der Waals surface area contributed by atoms with E-state index in [9.17, 15) is 24.6 Å². The van der Waals surface area contributed by atoms with E-state index in [4.69, 9.17) is 9.47 Å². The van der Waals surface area contributed by atoms with Gasteiger partial charge in [0, 0.05) is 18.4 Å². The lowest BCUT2D eigenvalue weighted by Gasteiger charge is -2.58. The Labute approximate surface area is 181 Å². The lowest BCUT2D eigenvalue weighted by molar-refractivity contribution is -0.318. The van der Waals surface area contributed by atoms with Gasteiger partial charge in [0.2, 0.25) is 6.10 Å². The summed E-state index contributed by atoms with van der Waals surface area (Å²) in [5, 5.41) is 20.7. The average Bonchev–Trinajstić information content (AvgIpc) is 2.74. The molecule has 1 saturated heterocycles. The Hall–Kier alpha value is -2.45. The highest BCUT2D eigenvalue weighted by atomic mass is 16.6. The second-order valence-electron chi connectivity index (χ2n) is 9.04. The summed E-state index contributed by atoms with van der Waals surface area (Å²) in [5.74, 6) is -3.17. The SMILES string of the molecule is CC(=O)OC(C(=O)Oc1ccc2c(c1)[C@@]13CCCC[C@H]1[C@@H](C2)N(C)CC3)C(O)C(=O)[O-]. The first-order valence-electron chi connectivity index (χ1n) is 10.8. The largest absolute Gasteiger partial charge is 0.547 e. The zero-order valence-corrected chi connectivity index (χ0v) is 17.8. The van der Waals surface area contributed by atoms with Crippen LogP contribution in [0, 0.1) is 5.92 Å². The van der Waals surface area contributed by atoms with Crippen LogP contribution in [0.5, 0.6) is 5.75 Å². The summed E-state index contributed by atoms with van der Waals surface area (Å²) in [4.78, 5) is 37.3. The van der Waals surface area contributed by atoms with Gasteiger partial charge in [0.1, 0.15) is 11.9 Å². The molecule has 0 aromatic heterocycles. The zero-order valence-electron chi connectivity index (χ0n) is 17.8. The van der Waals surface area contributed by atoms with Crippen molar-refractivity contribution in [2.75, 3.05) is 13.6 Å². The number of hydrogen-bond donors (Lipinski definition) is 1. The summed E-state index contributed by atoms with van der Waals surface area (Å²) >= 11 is 0.